The van der Waals surface area contributed by atoms with Gasteiger partial charge in [-0.1, -0.05) is 25.7 Å². The number of non-ortho nitro benzene ring substituents is 2. The normalized spacial score (nSPS) is 17.3. The Kier molecular flexibility index (Phi) is 13.6. The van der Waals surface area contributed by atoms with Gasteiger partial charge in [-0.05, 0) is 37.8 Å². The Labute approximate surface area is 273 Å². The lowest BCUT2D eigenvalue weighted by molar-refractivity contribution is -0.942. The van der Waals surface area contributed by atoms with E-state index in [2.05, 4.69) is 10.6 Å². The molecule has 254 valence electrons. The van der Waals surface area contributed by atoms with Crippen LogP contribution < -0.4 is 20.1 Å². The lowest BCUT2D eigenvalue weighted by atomic mass is 10.0. The molecular formula is C34H54N6O6+2. The number of unbranched alkanes of at least 4 members (excludes halogenated alkanes) is 7. The summed E-state index contributed by atoms with van der Waals surface area (Å²) >= 11 is 0. The van der Waals surface area contributed by atoms with Crippen LogP contribution in [0.1, 0.15) is 62.5 Å². The fourth-order valence-corrected chi connectivity index (χ4v) is 7.34. The third-order valence-electron chi connectivity index (χ3n) is 10.0. The van der Waals surface area contributed by atoms with Gasteiger partial charge in [-0.25, -0.2) is 0 Å². The van der Waals surface area contributed by atoms with Crippen molar-refractivity contribution in [2.75, 3.05) is 79.7 Å². The largest absolute Gasteiger partial charge is 0.496 e. The van der Waals surface area contributed by atoms with Crippen LogP contribution in [0.2, 0.25) is 0 Å². The number of nitro groups is 2. The molecule has 12 nitrogen and oxygen atoms in total. The Morgan fingerprint density at radius 2 is 0.957 bits per heavy atom. The van der Waals surface area contributed by atoms with E-state index in [-0.39, 0.29) is 21.2 Å². The standard InChI is InChI=1S/C34H54N6O6/c1-45-33-13-11-31(37(41)42)25-29(33)27-39(21-15-35-16-22-39)19-9-7-5-3-4-6-8-10-20-40(23-17-36-18-24-40)28-30-26-32(38(43)44)12-14-34(30)46-2/h11-14,25-26,35-36H,3-10,15-24,27-28H2,1-2H3/q+2. The summed E-state index contributed by atoms with van der Waals surface area (Å²) in [6.07, 6.45) is 9.69. The summed E-state index contributed by atoms with van der Waals surface area (Å²) in [6.45, 7) is 11.6. The van der Waals surface area contributed by atoms with Crippen LogP contribution in [-0.4, -0.2) is 98.5 Å². The fourth-order valence-electron chi connectivity index (χ4n) is 7.34. The predicted octanol–water partition coefficient (Wildman–Crippen LogP) is 5.18. The van der Waals surface area contributed by atoms with Gasteiger partial charge in [0.05, 0.1) is 74.5 Å². The smallest absolute Gasteiger partial charge is 0.270 e. The molecular weight excluding hydrogens is 588 g/mol. The van der Waals surface area contributed by atoms with Crippen molar-refractivity contribution >= 4 is 11.4 Å². The molecule has 0 aliphatic carbocycles. The van der Waals surface area contributed by atoms with Crippen molar-refractivity contribution in [3.8, 4) is 11.5 Å². The number of rotatable bonds is 19. The highest BCUT2D eigenvalue weighted by atomic mass is 16.6. The third-order valence-corrected chi connectivity index (χ3v) is 10.0. The zero-order valence-corrected chi connectivity index (χ0v) is 27.8. The summed E-state index contributed by atoms with van der Waals surface area (Å²) in [5.41, 5.74) is 2.09. The molecule has 12 heteroatoms. The van der Waals surface area contributed by atoms with Gasteiger partial charge in [0.1, 0.15) is 24.6 Å². The number of nitrogens with one attached hydrogen (secondary N) is 2. The van der Waals surface area contributed by atoms with E-state index in [1.807, 2.05) is 0 Å². The molecule has 2 aromatic carbocycles. The number of ether oxygens (including phenoxy) is 2. The summed E-state index contributed by atoms with van der Waals surface area (Å²) in [7, 11) is 3.27. The van der Waals surface area contributed by atoms with E-state index in [1.165, 1.54) is 50.7 Å². The van der Waals surface area contributed by atoms with Crippen LogP contribution in [0.25, 0.3) is 0 Å². The fraction of sp³-hybridized carbons (Fsp3) is 0.647. The van der Waals surface area contributed by atoms with E-state index in [9.17, 15) is 20.2 Å². The maximum atomic E-state index is 11.4. The number of methoxy groups -OCH3 is 2. The third kappa shape index (κ3) is 10.1. The van der Waals surface area contributed by atoms with Gasteiger partial charge in [-0.2, -0.15) is 0 Å². The molecule has 0 spiro atoms. The first-order valence-corrected chi connectivity index (χ1v) is 17.0. The van der Waals surface area contributed by atoms with Crippen molar-refractivity contribution in [1.29, 1.82) is 0 Å². The zero-order valence-electron chi connectivity index (χ0n) is 27.8. The molecule has 2 saturated heterocycles. The van der Waals surface area contributed by atoms with Crippen molar-refractivity contribution in [2.45, 2.75) is 64.5 Å². The monoisotopic (exact) mass is 642 g/mol. The number of nitro benzene ring substituents is 2. The quantitative estimate of drug-likeness (QED) is 0.0929. The van der Waals surface area contributed by atoms with E-state index in [0.717, 1.165) is 123 Å². The Balaban J connectivity index is 1.19. The van der Waals surface area contributed by atoms with Crippen LogP contribution in [0, 0.1) is 20.2 Å². The van der Waals surface area contributed by atoms with E-state index in [4.69, 9.17) is 9.47 Å². The first-order valence-electron chi connectivity index (χ1n) is 17.0. The van der Waals surface area contributed by atoms with Crippen LogP contribution in [0.15, 0.2) is 36.4 Å². The maximum absolute atomic E-state index is 11.4. The molecule has 2 fully saturated rings. The van der Waals surface area contributed by atoms with Crippen LogP contribution in [0.5, 0.6) is 11.5 Å². The molecule has 2 heterocycles. The number of hydrogen-bond acceptors (Lipinski definition) is 8. The minimum absolute atomic E-state index is 0.122. The maximum Gasteiger partial charge on any atom is 0.270 e. The highest BCUT2D eigenvalue weighted by Crippen LogP contribution is 2.30. The average molecular weight is 643 g/mol. The van der Waals surface area contributed by atoms with Crippen LogP contribution in [0.3, 0.4) is 0 Å². The van der Waals surface area contributed by atoms with E-state index >= 15 is 0 Å². The molecule has 46 heavy (non-hydrogen) atoms. The number of benzene rings is 2. The topological polar surface area (TPSA) is 129 Å². The number of nitrogens with zero attached hydrogens (tertiary/aromatic N) is 4. The second kappa shape index (κ2) is 17.6. The first kappa shape index (κ1) is 35.5. The molecule has 2 aromatic rings. The van der Waals surface area contributed by atoms with Crippen LogP contribution in [0.4, 0.5) is 11.4 Å². The Hall–Kier alpha value is -3.32. The minimum atomic E-state index is -0.326. The lowest BCUT2D eigenvalue weighted by Gasteiger charge is -2.42. The van der Waals surface area contributed by atoms with Crippen molar-refractivity contribution in [3.63, 3.8) is 0 Å². The molecule has 2 aliphatic heterocycles. The molecule has 0 amide bonds. The molecule has 2 N–H and O–H groups in total. The van der Waals surface area contributed by atoms with Gasteiger partial charge in [0.15, 0.2) is 0 Å². The summed E-state index contributed by atoms with van der Waals surface area (Å²) in [5, 5.41) is 29.8. The first-order chi connectivity index (χ1) is 22.3. The van der Waals surface area contributed by atoms with Gasteiger partial charge in [0, 0.05) is 50.4 Å². The number of piperazine rings is 2. The molecule has 0 bridgehead atoms. The zero-order chi connectivity index (χ0) is 32.8. The van der Waals surface area contributed by atoms with Crippen LogP contribution >= 0.6 is 0 Å². The van der Waals surface area contributed by atoms with Gasteiger partial charge < -0.3 is 29.1 Å². The van der Waals surface area contributed by atoms with Crippen molar-refractivity contribution in [3.05, 3.63) is 67.8 Å². The Morgan fingerprint density at radius 3 is 1.28 bits per heavy atom. The summed E-state index contributed by atoms with van der Waals surface area (Å²) in [5.74, 6) is 1.46. The molecule has 0 aromatic heterocycles. The highest BCUT2D eigenvalue weighted by Gasteiger charge is 2.33. The number of quaternary nitrogens is 2. The molecule has 4 rings (SSSR count). The van der Waals surface area contributed by atoms with Crippen molar-refractivity contribution < 1.29 is 28.3 Å². The Bertz CT molecular complexity index is 1180. The molecule has 0 radical (unpaired) electrons. The summed E-state index contributed by atoms with van der Waals surface area (Å²) in [4.78, 5) is 22.2. The van der Waals surface area contributed by atoms with E-state index < -0.39 is 0 Å². The van der Waals surface area contributed by atoms with Gasteiger partial charge >= 0.3 is 0 Å². The van der Waals surface area contributed by atoms with Crippen molar-refractivity contribution in [1.82, 2.24) is 10.6 Å². The van der Waals surface area contributed by atoms with Gasteiger partial charge in [-0.3, -0.25) is 20.2 Å². The average Bonchev–Trinajstić information content (AvgIpc) is 3.06. The van der Waals surface area contributed by atoms with Gasteiger partial charge in [0.2, 0.25) is 0 Å². The number of hydrogen-bond donors (Lipinski definition) is 2. The lowest BCUT2D eigenvalue weighted by Crippen LogP contribution is -2.58. The molecule has 2 aliphatic rings. The summed E-state index contributed by atoms with van der Waals surface area (Å²) in [6, 6.07) is 9.88. The molecule has 0 unspecified atom stereocenters. The molecule has 0 atom stereocenters. The van der Waals surface area contributed by atoms with E-state index in [1.54, 1.807) is 38.5 Å². The van der Waals surface area contributed by atoms with Gasteiger partial charge in [-0.15, -0.1) is 0 Å². The minimum Gasteiger partial charge on any atom is -0.496 e. The predicted molar refractivity (Wildman–Crippen MR) is 179 cm³/mol. The summed E-state index contributed by atoms with van der Waals surface area (Å²) < 4.78 is 13.0. The SMILES string of the molecule is COc1ccc([N+](=O)[O-])cc1C[N+]1(CCCCCCCCCC[N+]2(Cc3cc([N+](=O)[O-])ccc3OC)CCNCC2)CCNCC1. The van der Waals surface area contributed by atoms with Crippen LogP contribution in [-0.2, 0) is 13.1 Å². The van der Waals surface area contributed by atoms with Crippen molar-refractivity contribution in [2.24, 2.45) is 0 Å². The Morgan fingerprint density at radius 1 is 0.609 bits per heavy atom. The van der Waals surface area contributed by atoms with Gasteiger partial charge in [0.25, 0.3) is 11.4 Å². The molecule has 0 saturated carbocycles. The second-order valence-electron chi connectivity index (χ2n) is 13.2. The second-order valence-corrected chi connectivity index (χ2v) is 13.2. The highest BCUT2D eigenvalue weighted by molar-refractivity contribution is 5.44. The van der Waals surface area contributed by atoms with E-state index in [0.29, 0.717) is 0 Å².